The molecular formula is C78H84F3N13O5. The van der Waals surface area contributed by atoms with Crippen LogP contribution in [0.15, 0.2) is 170 Å². The highest BCUT2D eigenvalue weighted by Gasteiger charge is 2.36. The highest BCUT2D eigenvalue weighted by Crippen LogP contribution is 2.38. The molecule has 0 bridgehead atoms. The van der Waals surface area contributed by atoms with Gasteiger partial charge in [-0.25, -0.2) is 34.9 Å². The van der Waals surface area contributed by atoms with Crippen molar-refractivity contribution >= 4 is 58.4 Å². The fourth-order valence-electron chi connectivity index (χ4n) is 12.0. The SMILES string of the molecule is C.C.C.CC(=O)Nc1ccc(CN2C(=O)Cc3cnc(-c4ccccc4C(C)C)nc32)cc1.CC(=O)Nc1cccc(CN2C(=O)Cc3cnc(-c4ccccc4C(C)C)nc32)c1.CC(C)c1ccccc1-c1ncc2c(n1)N(Cc1ccc(-c3ncc(C(F)(F)F)n3C)cc1)C(=O)C2. The smallest absolute Gasteiger partial charge is 0.326 e. The number of amides is 5. The van der Waals surface area contributed by atoms with Crippen LogP contribution in [0.2, 0.25) is 0 Å². The minimum atomic E-state index is -4.47. The number of hydrogen-bond donors (Lipinski definition) is 2. The number of aromatic nitrogens is 8. The first-order valence-corrected chi connectivity index (χ1v) is 31.7. The van der Waals surface area contributed by atoms with Gasteiger partial charge >= 0.3 is 6.18 Å². The Labute approximate surface area is 576 Å². The van der Waals surface area contributed by atoms with Crippen molar-refractivity contribution in [2.24, 2.45) is 7.05 Å². The van der Waals surface area contributed by atoms with E-state index in [-0.39, 0.29) is 64.1 Å². The Hall–Kier alpha value is -11.1. The van der Waals surface area contributed by atoms with Gasteiger partial charge < -0.3 is 15.2 Å². The zero-order chi connectivity index (χ0) is 68.1. The van der Waals surface area contributed by atoms with Crippen molar-refractivity contribution in [1.29, 1.82) is 0 Å². The van der Waals surface area contributed by atoms with E-state index in [0.29, 0.717) is 96.4 Å². The van der Waals surface area contributed by atoms with E-state index in [1.165, 1.54) is 32.0 Å². The predicted octanol–water partition coefficient (Wildman–Crippen LogP) is 16.3. The van der Waals surface area contributed by atoms with E-state index in [4.69, 9.17) is 15.0 Å². The number of carbonyl (C=O) groups excluding carboxylic acids is 5. The quantitative estimate of drug-likeness (QED) is 0.0981. The van der Waals surface area contributed by atoms with Crippen molar-refractivity contribution in [3.05, 3.63) is 226 Å². The molecule has 2 N–H and O–H groups in total. The second kappa shape index (κ2) is 31.4. The molecule has 13 rings (SSSR count). The third-order valence-corrected chi connectivity index (χ3v) is 16.7. The van der Waals surface area contributed by atoms with Crippen LogP contribution in [0.3, 0.4) is 0 Å². The fourth-order valence-corrected chi connectivity index (χ4v) is 12.0. The van der Waals surface area contributed by atoms with Crippen LogP contribution in [0.4, 0.5) is 42.0 Å². The Balaban J connectivity index is 0.000000187. The van der Waals surface area contributed by atoms with Gasteiger partial charge in [0, 0.05) is 89.8 Å². The number of benzene rings is 6. The summed E-state index contributed by atoms with van der Waals surface area (Å²) in [5.41, 5.74) is 12.8. The van der Waals surface area contributed by atoms with E-state index in [1.807, 2.05) is 103 Å². The standard InChI is InChI=1S/C27H24F3N5O.2C24H24N4O2.3CH4/c1-16(2)20-6-4-5-7-21(20)24-31-13-19-12-23(36)35(26(19)33-24)15-17-8-10-18(11-9-17)25-32-14-22(34(25)3)27(28,29)30;1-15(2)20-9-4-5-10-21(20)23-25-13-18-12-22(30)28(24(18)27-23)14-17-7-6-8-19(11-17)26-16(3)29;1-15(2)20-6-4-5-7-21(20)23-25-13-18-12-22(30)28(24(18)27-23)14-17-8-10-19(11-9-17)26-16(3)29;;;/h4-11,13-14,16H,12,15H2,1-3H3;2*4-11,13,15H,12,14H2,1-3H3,(H,26,29);3*1H4. The minimum Gasteiger partial charge on any atom is -0.326 e. The molecule has 3 aliphatic rings. The van der Waals surface area contributed by atoms with Crippen molar-refractivity contribution < 1.29 is 37.1 Å². The van der Waals surface area contributed by atoms with Gasteiger partial charge in [0.1, 0.15) is 29.0 Å². The molecule has 4 aromatic heterocycles. The summed E-state index contributed by atoms with van der Waals surface area (Å²) in [7, 11) is 1.34. The van der Waals surface area contributed by atoms with Crippen LogP contribution in [0.25, 0.3) is 45.6 Å². The third kappa shape index (κ3) is 16.7. The lowest BCUT2D eigenvalue weighted by Gasteiger charge is -2.18. The lowest BCUT2D eigenvalue weighted by Crippen LogP contribution is -2.26. The van der Waals surface area contributed by atoms with E-state index in [9.17, 15) is 37.1 Å². The van der Waals surface area contributed by atoms with E-state index < -0.39 is 11.9 Å². The van der Waals surface area contributed by atoms with Gasteiger partial charge in [-0.3, -0.25) is 38.7 Å². The molecule has 7 heterocycles. The van der Waals surface area contributed by atoms with Crippen molar-refractivity contribution in [3.8, 4) is 45.6 Å². The zero-order valence-electron chi connectivity index (χ0n) is 54.7. The largest absolute Gasteiger partial charge is 0.433 e. The number of alkyl halides is 3. The molecule has 0 fully saturated rings. The summed E-state index contributed by atoms with van der Waals surface area (Å²) >= 11 is 0. The van der Waals surface area contributed by atoms with Gasteiger partial charge in [-0.05, 0) is 75.4 Å². The lowest BCUT2D eigenvalue weighted by molar-refractivity contribution is -0.143. The molecule has 10 aromatic rings. The number of hydrogen-bond acceptors (Lipinski definition) is 12. The summed E-state index contributed by atoms with van der Waals surface area (Å²) in [6, 6.07) is 46.2. The molecule has 0 unspecified atom stereocenters. The van der Waals surface area contributed by atoms with Crippen molar-refractivity contribution in [1.82, 2.24) is 39.5 Å². The molecule has 6 aromatic carbocycles. The molecule has 3 aliphatic heterocycles. The number of halogens is 3. The van der Waals surface area contributed by atoms with Gasteiger partial charge in [0.05, 0.1) is 45.1 Å². The molecule has 0 spiro atoms. The Bertz CT molecular complexity index is 4590. The van der Waals surface area contributed by atoms with Crippen LogP contribution in [0, 0.1) is 0 Å². The van der Waals surface area contributed by atoms with Gasteiger partial charge in [0.2, 0.25) is 29.5 Å². The molecule has 0 radical (unpaired) electrons. The number of carbonyl (C=O) groups is 5. The summed E-state index contributed by atoms with van der Waals surface area (Å²) in [6.45, 7) is 16.9. The summed E-state index contributed by atoms with van der Waals surface area (Å²) in [4.78, 5) is 97.7. The first-order chi connectivity index (χ1) is 46.0. The lowest BCUT2D eigenvalue weighted by atomic mass is 9.97. The minimum absolute atomic E-state index is 0. The third-order valence-electron chi connectivity index (χ3n) is 16.7. The number of fused-ring (bicyclic) bond motifs is 3. The first-order valence-electron chi connectivity index (χ1n) is 31.7. The molecule has 0 saturated heterocycles. The maximum atomic E-state index is 13.1. The van der Waals surface area contributed by atoms with Crippen molar-refractivity contribution in [2.75, 3.05) is 25.3 Å². The summed E-state index contributed by atoms with van der Waals surface area (Å²) in [5, 5.41) is 5.53. The van der Waals surface area contributed by atoms with E-state index >= 15 is 0 Å². The number of nitrogens with one attached hydrogen (secondary N) is 2. The van der Waals surface area contributed by atoms with Crippen LogP contribution in [-0.4, -0.2) is 69.0 Å². The number of rotatable bonds is 15. The van der Waals surface area contributed by atoms with E-state index in [0.717, 1.165) is 72.1 Å². The molecule has 99 heavy (non-hydrogen) atoms. The van der Waals surface area contributed by atoms with Gasteiger partial charge in [-0.1, -0.05) is 185 Å². The van der Waals surface area contributed by atoms with Gasteiger partial charge in [-0.2, -0.15) is 13.2 Å². The van der Waals surface area contributed by atoms with Gasteiger partial charge in [0.25, 0.3) is 0 Å². The monoisotopic (exact) mass is 1340 g/mol. The second-order valence-electron chi connectivity index (χ2n) is 24.8. The molecule has 0 atom stereocenters. The molecule has 5 amide bonds. The maximum Gasteiger partial charge on any atom is 0.433 e. The van der Waals surface area contributed by atoms with E-state index in [1.54, 1.807) is 57.6 Å². The Kier molecular flexibility index (Phi) is 23.4. The summed E-state index contributed by atoms with van der Waals surface area (Å²) in [6.07, 6.45) is 2.45. The average molecular weight is 1340 g/mol. The van der Waals surface area contributed by atoms with Crippen LogP contribution in [0.5, 0.6) is 0 Å². The first kappa shape index (κ1) is 73.7. The summed E-state index contributed by atoms with van der Waals surface area (Å²) in [5.74, 6) is 4.66. The van der Waals surface area contributed by atoms with Crippen LogP contribution in [-0.2, 0) is 76.1 Å². The highest BCUT2D eigenvalue weighted by atomic mass is 19.4. The number of imidazole rings is 1. The molecular weight excluding hydrogens is 1260 g/mol. The number of anilines is 5. The maximum absolute atomic E-state index is 13.1. The molecule has 18 nitrogen and oxygen atoms in total. The Morgan fingerprint density at radius 2 is 0.818 bits per heavy atom. The van der Waals surface area contributed by atoms with Crippen LogP contribution >= 0.6 is 0 Å². The predicted molar refractivity (Wildman–Crippen MR) is 385 cm³/mol. The Morgan fingerprint density at radius 3 is 1.18 bits per heavy atom. The van der Waals surface area contributed by atoms with Crippen LogP contribution in [0.1, 0.15) is 151 Å². The van der Waals surface area contributed by atoms with E-state index in [2.05, 4.69) is 90.3 Å². The Morgan fingerprint density at radius 1 is 0.455 bits per heavy atom. The number of nitrogens with zero attached hydrogens (tertiary/aromatic N) is 11. The molecule has 0 saturated carbocycles. The average Bonchev–Trinajstić information content (AvgIpc) is 1.69. The highest BCUT2D eigenvalue weighted by molar-refractivity contribution is 6.02. The molecule has 0 aliphatic carbocycles. The normalized spacial score (nSPS) is 12.8. The van der Waals surface area contributed by atoms with Crippen LogP contribution < -0.4 is 25.3 Å². The topological polar surface area (TPSA) is 214 Å². The molecule has 512 valence electrons. The summed E-state index contributed by atoms with van der Waals surface area (Å²) < 4.78 is 40.4. The fraction of sp³-hybridized carbons (Fsp3) is 0.282. The second-order valence-corrected chi connectivity index (χ2v) is 24.8. The van der Waals surface area contributed by atoms with Gasteiger partial charge in [0.15, 0.2) is 17.5 Å². The zero-order valence-corrected chi connectivity index (χ0v) is 54.7. The van der Waals surface area contributed by atoms with Gasteiger partial charge in [-0.15, -0.1) is 0 Å². The van der Waals surface area contributed by atoms with Crippen molar-refractivity contribution in [3.63, 3.8) is 0 Å². The molecule has 21 heteroatoms. The van der Waals surface area contributed by atoms with Crippen molar-refractivity contribution in [2.45, 2.75) is 140 Å².